The van der Waals surface area contributed by atoms with Crippen LogP contribution in [0.5, 0.6) is 0 Å². The van der Waals surface area contributed by atoms with E-state index in [1.54, 1.807) is 6.20 Å². The van der Waals surface area contributed by atoms with Gasteiger partial charge in [-0.05, 0) is 12.5 Å². The van der Waals surface area contributed by atoms with Gasteiger partial charge in [-0.1, -0.05) is 30.3 Å². The highest BCUT2D eigenvalue weighted by atomic mass is 32.1. The first-order chi connectivity index (χ1) is 14.0. The predicted octanol–water partition coefficient (Wildman–Crippen LogP) is 3.66. The molecule has 0 saturated carbocycles. The van der Waals surface area contributed by atoms with Crippen LogP contribution < -0.4 is 10.6 Å². The van der Waals surface area contributed by atoms with E-state index in [1.807, 2.05) is 48.0 Å². The van der Waals surface area contributed by atoms with Gasteiger partial charge in [-0.25, -0.2) is 15.0 Å². The van der Waals surface area contributed by atoms with Crippen molar-refractivity contribution < 1.29 is 13.2 Å². The van der Waals surface area contributed by atoms with E-state index in [0.29, 0.717) is 30.6 Å². The molecule has 0 aliphatic rings. The number of hydrogen-bond donors (Lipinski definition) is 2. The Balaban J connectivity index is 1.62. The minimum absolute atomic E-state index is 0.158. The fraction of sp³-hybridized carbons (Fsp3) is 0.316. The Hall–Kier alpha value is -2.88. The van der Waals surface area contributed by atoms with Crippen molar-refractivity contribution >= 4 is 17.3 Å². The fourth-order valence-electron chi connectivity index (χ4n) is 2.59. The molecule has 2 heterocycles. The van der Waals surface area contributed by atoms with E-state index in [4.69, 9.17) is 0 Å². The molecule has 0 aliphatic carbocycles. The molecule has 0 saturated heterocycles. The van der Waals surface area contributed by atoms with Crippen LogP contribution in [0.1, 0.15) is 29.0 Å². The van der Waals surface area contributed by atoms with Crippen LogP contribution in [0.4, 0.5) is 13.2 Å². The summed E-state index contributed by atoms with van der Waals surface area (Å²) in [4.78, 5) is 12.5. The lowest BCUT2D eigenvalue weighted by atomic mass is 10.2. The standard InChI is InChI=1S/C19H21F3N6S/c1-2-23-18(26-11-17-27-15(13-29-17)19(20,21)22)25-10-16-24-8-9-28(16)12-14-6-4-3-5-7-14/h3-9,13H,2,10-12H2,1H3,(H2,23,25,26). The molecule has 6 nitrogen and oxygen atoms in total. The molecule has 1 aromatic carbocycles. The van der Waals surface area contributed by atoms with Crippen molar-refractivity contribution in [2.24, 2.45) is 4.99 Å². The molecule has 3 aromatic rings. The van der Waals surface area contributed by atoms with E-state index < -0.39 is 11.9 Å². The second-order valence-electron chi connectivity index (χ2n) is 6.13. The molecule has 2 N–H and O–H groups in total. The van der Waals surface area contributed by atoms with Crippen LogP contribution in [0.2, 0.25) is 0 Å². The zero-order chi connectivity index (χ0) is 20.7. The number of hydrogen-bond acceptors (Lipinski definition) is 4. The van der Waals surface area contributed by atoms with Gasteiger partial charge in [-0.3, -0.25) is 0 Å². The van der Waals surface area contributed by atoms with Gasteiger partial charge in [0.2, 0.25) is 0 Å². The third-order valence-electron chi connectivity index (χ3n) is 3.97. The second-order valence-corrected chi connectivity index (χ2v) is 7.07. The second kappa shape index (κ2) is 9.55. The quantitative estimate of drug-likeness (QED) is 0.451. The van der Waals surface area contributed by atoms with Crippen LogP contribution in [-0.2, 0) is 25.8 Å². The van der Waals surface area contributed by atoms with Crippen molar-refractivity contribution in [3.8, 4) is 0 Å². The van der Waals surface area contributed by atoms with Crippen molar-refractivity contribution in [3.63, 3.8) is 0 Å². The lowest BCUT2D eigenvalue weighted by Gasteiger charge is -2.11. The molecule has 0 fully saturated rings. The Kier molecular flexibility index (Phi) is 6.86. The summed E-state index contributed by atoms with van der Waals surface area (Å²) in [6, 6.07) is 10.0. The summed E-state index contributed by atoms with van der Waals surface area (Å²) in [6.45, 7) is 3.72. The molecule has 154 valence electrons. The van der Waals surface area contributed by atoms with Gasteiger partial charge in [-0.2, -0.15) is 13.2 Å². The molecule has 0 amide bonds. The molecule has 29 heavy (non-hydrogen) atoms. The SMILES string of the molecule is CCNC(=NCc1nccn1Cc1ccccc1)NCc1nc(C(F)(F)F)cs1. The molecule has 0 bridgehead atoms. The van der Waals surface area contributed by atoms with E-state index in [0.717, 1.165) is 28.1 Å². The van der Waals surface area contributed by atoms with Gasteiger partial charge < -0.3 is 15.2 Å². The first-order valence-corrected chi connectivity index (χ1v) is 9.91. The van der Waals surface area contributed by atoms with Gasteiger partial charge in [-0.15, -0.1) is 11.3 Å². The van der Waals surface area contributed by atoms with Crippen molar-refractivity contribution in [3.05, 3.63) is 70.2 Å². The van der Waals surface area contributed by atoms with Crippen LogP contribution in [0.3, 0.4) is 0 Å². The summed E-state index contributed by atoms with van der Waals surface area (Å²) in [5, 5.41) is 7.45. The molecule has 0 aliphatic heterocycles. The molecule has 2 aromatic heterocycles. The number of aliphatic imine (C=N–C) groups is 1. The van der Waals surface area contributed by atoms with Gasteiger partial charge in [0.05, 0.1) is 6.54 Å². The largest absolute Gasteiger partial charge is 0.434 e. The topological polar surface area (TPSA) is 67.1 Å². The maximum atomic E-state index is 12.7. The Morgan fingerprint density at radius 2 is 2.00 bits per heavy atom. The number of aromatic nitrogens is 3. The number of guanidine groups is 1. The van der Waals surface area contributed by atoms with Crippen LogP contribution in [0, 0.1) is 0 Å². The van der Waals surface area contributed by atoms with Crippen LogP contribution in [0.25, 0.3) is 0 Å². The summed E-state index contributed by atoms with van der Waals surface area (Å²) in [7, 11) is 0. The van der Waals surface area contributed by atoms with Crippen molar-refractivity contribution in [2.45, 2.75) is 32.7 Å². The summed E-state index contributed by atoms with van der Waals surface area (Å²) in [5.41, 5.74) is 0.286. The molecule has 0 spiro atoms. The van der Waals surface area contributed by atoms with Gasteiger partial charge in [0.25, 0.3) is 0 Å². The molecular formula is C19H21F3N6S. The summed E-state index contributed by atoms with van der Waals surface area (Å²) >= 11 is 0.963. The number of imidazole rings is 1. The van der Waals surface area contributed by atoms with E-state index in [-0.39, 0.29) is 6.54 Å². The smallest absolute Gasteiger partial charge is 0.357 e. The van der Waals surface area contributed by atoms with Crippen molar-refractivity contribution in [2.75, 3.05) is 6.54 Å². The van der Waals surface area contributed by atoms with E-state index in [9.17, 15) is 13.2 Å². The molecule has 0 unspecified atom stereocenters. The van der Waals surface area contributed by atoms with Crippen LogP contribution in [-0.4, -0.2) is 27.0 Å². The van der Waals surface area contributed by atoms with Crippen molar-refractivity contribution in [1.82, 2.24) is 25.2 Å². The van der Waals surface area contributed by atoms with E-state index >= 15 is 0 Å². The van der Waals surface area contributed by atoms with Crippen LogP contribution >= 0.6 is 11.3 Å². The molecule has 10 heteroatoms. The lowest BCUT2D eigenvalue weighted by Crippen LogP contribution is -2.36. The fourth-order valence-corrected chi connectivity index (χ4v) is 3.33. The third kappa shape index (κ3) is 6.05. The van der Waals surface area contributed by atoms with E-state index in [2.05, 4.69) is 25.6 Å². The number of nitrogens with zero attached hydrogens (tertiary/aromatic N) is 4. The Morgan fingerprint density at radius 1 is 1.21 bits per heavy atom. The third-order valence-corrected chi connectivity index (χ3v) is 4.82. The monoisotopic (exact) mass is 422 g/mol. The Labute approximate surface area is 170 Å². The minimum atomic E-state index is -4.43. The van der Waals surface area contributed by atoms with Gasteiger partial charge in [0, 0.05) is 30.9 Å². The van der Waals surface area contributed by atoms with Gasteiger partial charge in [0.15, 0.2) is 11.7 Å². The maximum absolute atomic E-state index is 12.7. The summed E-state index contributed by atoms with van der Waals surface area (Å²) in [5.74, 6) is 1.28. The number of halogens is 3. The van der Waals surface area contributed by atoms with Gasteiger partial charge >= 0.3 is 6.18 Å². The number of thiazole rings is 1. The Bertz CT molecular complexity index is 933. The average molecular weight is 422 g/mol. The molecule has 0 atom stereocenters. The van der Waals surface area contributed by atoms with Gasteiger partial charge in [0.1, 0.15) is 17.4 Å². The highest BCUT2D eigenvalue weighted by Crippen LogP contribution is 2.29. The van der Waals surface area contributed by atoms with E-state index in [1.165, 1.54) is 0 Å². The maximum Gasteiger partial charge on any atom is 0.434 e. The van der Waals surface area contributed by atoms with Crippen LogP contribution in [0.15, 0.2) is 53.1 Å². The molecule has 0 radical (unpaired) electrons. The lowest BCUT2D eigenvalue weighted by molar-refractivity contribution is -0.140. The Morgan fingerprint density at radius 3 is 2.69 bits per heavy atom. The first-order valence-electron chi connectivity index (χ1n) is 9.03. The number of rotatable bonds is 7. The predicted molar refractivity (Wildman–Crippen MR) is 107 cm³/mol. The molecular weight excluding hydrogens is 401 g/mol. The first kappa shape index (κ1) is 20.8. The molecule has 3 rings (SSSR count). The number of nitrogens with one attached hydrogen (secondary N) is 2. The zero-order valence-electron chi connectivity index (χ0n) is 15.8. The minimum Gasteiger partial charge on any atom is -0.357 e. The highest BCUT2D eigenvalue weighted by molar-refractivity contribution is 7.09. The number of alkyl halides is 3. The van der Waals surface area contributed by atoms with Crippen molar-refractivity contribution in [1.29, 1.82) is 0 Å². The normalized spacial score (nSPS) is 12.2. The number of benzene rings is 1. The summed E-state index contributed by atoms with van der Waals surface area (Å²) < 4.78 is 40.0. The highest BCUT2D eigenvalue weighted by Gasteiger charge is 2.33. The zero-order valence-corrected chi connectivity index (χ0v) is 16.6. The average Bonchev–Trinajstić information content (AvgIpc) is 3.34. The summed E-state index contributed by atoms with van der Waals surface area (Å²) in [6.07, 6.45) is -0.808.